The standard InChI is InChI=1S/C18H26N2O2/c1-13-4-6-14(7-5-13)18(15-8-9-15)19-17(22)11-20-10-2-3-16(20)12-21/h4-7,15-16,18,21H,2-3,8-12H2,1H3,(H,19,22). The number of nitrogens with one attached hydrogen (secondary N) is 1. The Hall–Kier alpha value is -1.39. The molecule has 1 aromatic rings. The fraction of sp³-hybridized carbons (Fsp3) is 0.611. The Morgan fingerprint density at radius 1 is 1.32 bits per heavy atom. The van der Waals surface area contributed by atoms with Crippen molar-refractivity contribution in [2.75, 3.05) is 19.7 Å². The molecule has 0 radical (unpaired) electrons. The summed E-state index contributed by atoms with van der Waals surface area (Å²) in [4.78, 5) is 14.5. The van der Waals surface area contributed by atoms with Crippen LogP contribution in [0.25, 0.3) is 0 Å². The normalized spacial score (nSPS) is 23.5. The van der Waals surface area contributed by atoms with Crippen molar-refractivity contribution < 1.29 is 9.90 Å². The number of aryl methyl sites for hydroxylation is 1. The van der Waals surface area contributed by atoms with Crippen LogP contribution in [0.1, 0.15) is 42.9 Å². The maximum absolute atomic E-state index is 12.4. The second kappa shape index (κ2) is 6.80. The molecular weight excluding hydrogens is 276 g/mol. The van der Waals surface area contributed by atoms with Gasteiger partial charge in [-0.05, 0) is 50.6 Å². The maximum atomic E-state index is 12.4. The molecular formula is C18H26N2O2. The lowest BCUT2D eigenvalue weighted by atomic mass is 10.0. The summed E-state index contributed by atoms with van der Waals surface area (Å²) in [5.41, 5.74) is 2.45. The van der Waals surface area contributed by atoms with Crippen LogP contribution in [0.5, 0.6) is 0 Å². The topological polar surface area (TPSA) is 52.6 Å². The molecule has 2 unspecified atom stereocenters. The molecule has 2 fully saturated rings. The highest BCUT2D eigenvalue weighted by Gasteiger charge is 2.34. The minimum Gasteiger partial charge on any atom is -0.395 e. The lowest BCUT2D eigenvalue weighted by Crippen LogP contribution is -2.42. The number of amides is 1. The van der Waals surface area contributed by atoms with E-state index in [9.17, 15) is 9.90 Å². The second-order valence-corrected chi connectivity index (χ2v) is 6.74. The Kier molecular flexibility index (Phi) is 4.79. The molecule has 22 heavy (non-hydrogen) atoms. The van der Waals surface area contributed by atoms with Crippen molar-refractivity contribution >= 4 is 5.91 Å². The van der Waals surface area contributed by atoms with E-state index in [4.69, 9.17) is 0 Å². The summed E-state index contributed by atoms with van der Waals surface area (Å²) in [6.07, 6.45) is 4.46. The Morgan fingerprint density at radius 2 is 2.05 bits per heavy atom. The summed E-state index contributed by atoms with van der Waals surface area (Å²) < 4.78 is 0. The SMILES string of the molecule is Cc1ccc(C(NC(=O)CN2CCCC2CO)C2CC2)cc1. The van der Waals surface area contributed by atoms with Crippen molar-refractivity contribution in [1.82, 2.24) is 10.2 Å². The molecule has 0 bridgehead atoms. The molecule has 1 aliphatic carbocycles. The van der Waals surface area contributed by atoms with Crippen molar-refractivity contribution in [2.45, 2.75) is 44.7 Å². The van der Waals surface area contributed by atoms with Crippen LogP contribution in [0, 0.1) is 12.8 Å². The third kappa shape index (κ3) is 3.68. The molecule has 0 spiro atoms. The predicted octanol–water partition coefficient (Wildman–Crippen LogP) is 2.02. The van der Waals surface area contributed by atoms with Crippen LogP contribution >= 0.6 is 0 Å². The Balaban J connectivity index is 1.61. The molecule has 120 valence electrons. The van der Waals surface area contributed by atoms with Gasteiger partial charge in [-0.1, -0.05) is 29.8 Å². The largest absolute Gasteiger partial charge is 0.395 e. The van der Waals surface area contributed by atoms with Crippen LogP contribution in [-0.2, 0) is 4.79 Å². The van der Waals surface area contributed by atoms with Gasteiger partial charge in [-0.3, -0.25) is 9.69 Å². The van der Waals surface area contributed by atoms with Gasteiger partial charge in [0.1, 0.15) is 0 Å². The number of carbonyl (C=O) groups excluding carboxylic acids is 1. The number of nitrogens with zero attached hydrogens (tertiary/aromatic N) is 1. The van der Waals surface area contributed by atoms with E-state index < -0.39 is 0 Å². The number of carbonyl (C=O) groups is 1. The molecule has 3 rings (SSSR count). The second-order valence-electron chi connectivity index (χ2n) is 6.74. The minimum absolute atomic E-state index is 0.0813. The van der Waals surface area contributed by atoms with Crippen molar-refractivity contribution in [2.24, 2.45) is 5.92 Å². The van der Waals surface area contributed by atoms with Gasteiger partial charge in [0.05, 0.1) is 19.2 Å². The molecule has 4 nitrogen and oxygen atoms in total. The third-order valence-electron chi connectivity index (χ3n) is 4.90. The molecule has 1 heterocycles. The minimum atomic E-state index is 0.0813. The molecule has 1 saturated carbocycles. The first-order valence-corrected chi connectivity index (χ1v) is 8.38. The van der Waals surface area contributed by atoms with Crippen LogP contribution in [-0.4, -0.2) is 41.7 Å². The molecule has 2 N–H and O–H groups in total. The van der Waals surface area contributed by atoms with E-state index in [2.05, 4.69) is 41.4 Å². The van der Waals surface area contributed by atoms with E-state index in [0.717, 1.165) is 19.4 Å². The highest BCUT2D eigenvalue weighted by atomic mass is 16.3. The number of hydrogen-bond donors (Lipinski definition) is 2. The van der Waals surface area contributed by atoms with Crippen molar-refractivity contribution in [3.05, 3.63) is 35.4 Å². The molecule has 0 aromatic heterocycles. The van der Waals surface area contributed by atoms with Crippen molar-refractivity contribution in [3.63, 3.8) is 0 Å². The third-order valence-corrected chi connectivity index (χ3v) is 4.90. The monoisotopic (exact) mass is 302 g/mol. The predicted molar refractivity (Wildman–Crippen MR) is 86.5 cm³/mol. The summed E-state index contributed by atoms with van der Waals surface area (Å²) in [6.45, 7) is 3.55. The fourth-order valence-corrected chi connectivity index (χ4v) is 3.39. The van der Waals surface area contributed by atoms with Gasteiger partial charge in [0.25, 0.3) is 0 Å². The van der Waals surface area contributed by atoms with Crippen LogP contribution in [0.4, 0.5) is 0 Å². The quantitative estimate of drug-likeness (QED) is 0.845. The van der Waals surface area contributed by atoms with E-state index in [0.29, 0.717) is 12.5 Å². The summed E-state index contributed by atoms with van der Waals surface area (Å²) in [5, 5.41) is 12.6. The molecule has 1 aliphatic heterocycles. The Bertz CT molecular complexity index is 510. The summed E-state index contributed by atoms with van der Waals surface area (Å²) in [5.74, 6) is 0.664. The molecule has 2 atom stereocenters. The van der Waals surface area contributed by atoms with Gasteiger partial charge in [-0.2, -0.15) is 0 Å². The van der Waals surface area contributed by atoms with E-state index in [1.807, 2.05) is 0 Å². The summed E-state index contributed by atoms with van der Waals surface area (Å²) in [6, 6.07) is 8.78. The summed E-state index contributed by atoms with van der Waals surface area (Å²) >= 11 is 0. The first-order chi connectivity index (χ1) is 10.7. The first kappa shape index (κ1) is 15.5. The number of hydrogen-bond acceptors (Lipinski definition) is 3. The number of aliphatic hydroxyl groups is 1. The zero-order valence-corrected chi connectivity index (χ0v) is 13.3. The van der Waals surface area contributed by atoms with Gasteiger partial charge in [0, 0.05) is 6.04 Å². The lowest BCUT2D eigenvalue weighted by molar-refractivity contribution is -0.123. The van der Waals surface area contributed by atoms with Crippen LogP contribution < -0.4 is 5.32 Å². The van der Waals surface area contributed by atoms with Crippen LogP contribution in [0.3, 0.4) is 0 Å². The van der Waals surface area contributed by atoms with E-state index >= 15 is 0 Å². The van der Waals surface area contributed by atoms with Crippen molar-refractivity contribution in [3.8, 4) is 0 Å². The highest BCUT2D eigenvalue weighted by Crippen LogP contribution is 2.41. The average Bonchev–Trinajstić information content (AvgIpc) is 3.26. The Labute approximate surface area is 132 Å². The number of benzene rings is 1. The average molecular weight is 302 g/mol. The fourth-order valence-electron chi connectivity index (χ4n) is 3.39. The molecule has 1 saturated heterocycles. The van der Waals surface area contributed by atoms with Gasteiger partial charge in [0.2, 0.25) is 5.91 Å². The van der Waals surface area contributed by atoms with Gasteiger partial charge < -0.3 is 10.4 Å². The number of likely N-dealkylation sites (tertiary alicyclic amines) is 1. The van der Waals surface area contributed by atoms with Gasteiger partial charge >= 0.3 is 0 Å². The van der Waals surface area contributed by atoms with Gasteiger partial charge in [-0.25, -0.2) is 0 Å². The lowest BCUT2D eigenvalue weighted by Gasteiger charge is -2.24. The summed E-state index contributed by atoms with van der Waals surface area (Å²) in [7, 11) is 0. The highest BCUT2D eigenvalue weighted by molar-refractivity contribution is 5.78. The van der Waals surface area contributed by atoms with E-state index in [1.165, 1.54) is 24.0 Å². The van der Waals surface area contributed by atoms with Crippen LogP contribution in [0.2, 0.25) is 0 Å². The zero-order valence-electron chi connectivity index (χ0n) is 13.3. The number of rotatable bonds is 6. The molecule has 1 aromatic carbocycles. The van der Waals surface area contributed by atoms with Gasteiger partial charge in [0.15, 0.2) is 0 Å². The van der Waals surface area contributed by atoms with Crippen molar-refractivity contribution in [1.29, 1.82) is 0 Å². The number of aliphatic hydroxyl groups excluding tert-OH is 1. The van der Waals surface area contributed by atoms with Crippen LogP contribution in [0.15, 0.2) is 24.3 Å². The molecule has 2 aliphatic rings. The van der Waals surface area contributed by atoms with E-state index in [-0.39, 0.29) is 24.6 Å². The first-order valence-electron chi connectivity index (χ1n) is 8.38. The van der Waals surface area contributed by atoms with E-state index in [1.54, 1.807) is 0 Å². The Morgan fingerprint density at radius 3 is 2.68 bits per heavy atom. The maximum Gasteiger partial charge on any atom is 0.234 e. The smallest absolute Gasteiger partial charge is 0.234 e. The molecule has 4 heteroatoms. The zero-order chi connectivity index (χ0) is 15.5. The molecule has 1 amide bonds. The van der Waals surface area contributed by atoms with Gasteiger partial charge in [-0.15, -0.1) is 0 Å².